The van der Waals surface area contributed by atoms with Gasteiger partial charge in [0.25, 0.3) is 5.91 Å². The first kappa shape index (κ1) is 27.0. The number of phenolic OH excluding ortho intramolecular Hbond substituents is 1. The number of benzene rings is 2. The first-order chi connectivity index (χ1) is 20.9. The smallest absolute Gasteiger partial charge is 0.274 e. The molecule has 0 bridgehead atoms. The van der Waals surface area contributed by atoms with Gasteiger partial charge in [-0.15, -0.1) is 0 Å². The van der Waals surface area contributed by atoms with Crippen molar-refractivity contribution < 1.29 is 19.4 Å². The highest BCUT2D eigenvalue weighted by Crippen LogP contribution is 2.34. The second kappa shape index (κ2) is 10.8. The zero-order valence-corrected chi connectivity index (χ0v) is 23.6. The van der Waals surface area contributed by atoms with Crippen molar-refractivity contribution in [1.82, 2.24) is 35.0 Å². The molecule has 2 aromatic carbocycles. The fourth-order valence-corrected chi connectivity index (χ4v) is 6.18. The third kappa shape index (κ3) is 4.77. The molecule has 1 unspecified atom stereocenters. The van der Waals surface area contributed by atoms with Gasteiger partial charge in [-0.1, -0.05) is 13.0 Å². The van der Waals surface area contributed by atoms with Crippen molar-refractivity contribution >= 4 is 22.6 Å². The van der Waals surface area contributed by atoms with Crippen LogP contribution in [0.3, 0.4) is 0 Å². The average Bonchev–Trinajstić information content (AvgIpc) is 3.79. The SMILES string of the molecule is CCc1cc(O)c(F)cc1-c1ccc2c(-c3nc4c([nH]3)CN(C(=O)c3cnc(N5CCCC5CO)cn3)CC4)n[nH]c2c1. The standard InChI is InChI=1S/C31H31FN8O3/c1-2-17-11-27(42)22(32)12-21(17)18-5-6-20-24(10-18)37-38-29(20)30-35-23-7-9-39(15-26(23)36-30)31(43)25-13-34-28(14-33-25)40-8-3-4-19(40)16-41/h5-6,10-14,19,41-42H,2-4,7-9,15-16H2,1H3,(H,35,36)(H,37,38). The number of aromatic nitrogens is 6. The Bertz CT molecular complexity index is 1830. The summed E-state index contributed by atoms with van der Waals surface area (Å²) >= 11 is 0. The van der Waals surface area contributed by atoms with E-state index in [4.69, 9.17) is 4.98 Å². The highest BCUT2D eigenvalue weighted by atomic mass is 19.1. The van der Waals surface area contributed by atoms with Crippen LogP contribution in [0.4, 0.5) is 10.2 Å². The van der Waals surface area contributed by atoms with Crippen molar-refractivity contribution in [2.75, 3.05) is 24.6 Å². The second-order valence-corrected chi connectivity index (χ2v) is 11.1. The summed E-state index contributed by atoms with van der Waals surface area (Å²) in [4.78, 5) is 34.1. The molecule has 43 heavy (non-hydrogen) atoms. The number of aliphatic hydroxyl groups excluding tert-OH is 1. The zero-order valence-electron chi connectivity index (χ0n) is 23.6. The van der Waals surface area contributed by atoms with Crippen LogP contribution in [0.25, 0.3) is 33.5 Å². The Morgan fingerprint density at radius 3 is 2.84 bits per heavy atom. The number of phenols is 1. The summed E-state index contributed by atoms with van der Waals surface area (Å²) in [5.74, 6) is 0.0698. The molecule has 0 radical (unpaired) electrons. The Morgan fingerprint density at radius 1 is 1.16 bits per heavy atom. The molecule has 1 amide bonds. The van der Waals surface area contributed by atoms with E-state index in [1.54, 1.807) is 11.1 Å². The van der Waals surface area contributed by atoms with Gasteiger partial charge in [0, 0.05) is 24.9 Å². The van der Waals surface area contributed by atoms with Gasteiger partial charge in [0.15, 0.2) is 17.4 Å². The van der Waals surface area contributed by atoms with E-state index in [9.17, 15) is 19.4 Å². The van der Waals surface area contributed by atoms with Crippen molar-refractivity contribution in [2.24, 2.45) is 0 Å². The molecule has 7 rings (SSSR count). The average molecular weight is 583 g/mol. The summed E-state index contributed by atoms with van der Waals surface area (Å²) in [6.07, 6.45) is 6.27. The number of nitrogens with one attached hydrogen (secondary N) is 2. The normalized spacial score (nSPS) is 16.7. The van der Waals surface area contributed by atoms with E-state index in [1.807, 2.05) is 30.0 Å². The van der Waals surface area contributed by atoms with Crippen LogP contribution in [-0.4, -0.2) is 76.9 Å². The molecule has 0 spiro atoms. The van der Waals surface area contributed by atoms with Crippen LogP contribution in [0, 0.1) is 5.82 Å². The fraction of sp³-hybridized carbons (Fsp3) is 0.323. The highest BCUT2D eigenvalue weighted by molar-refractivity contribution is 5.94. The summed E-state index contributed by atoms with van der Waals surface area (Å²) in [6, 6.07) is 8.63. The van der Waals surface area contributed by atoms with Crippen LogP contribution >= 0.6 is 0 Å². The molecule has 12 heteroatoms. The number of aromatic hydroxyl groups is 1. The van der Waals surface area contributed by atoms with Crippen LogP contribution in [0.15, 0.2) is 42.7 Å². The Labute approximate surface area is 246 Å². The summed E-state index contributed by atoms with van der Waals surface area (Å²) in [5.41, 5.74) is 5.84. The molecule has 220 valence electrons. The maximum Gasteiger partial charge on any atom is 0.274 e. The number of carbonyl (C=O) groups excluding carboxylic acids is 1. The number of anilines is 1. The number of H-pyrrole nitrogens is 2. The van der Waals surface area contributed by atoms with Crippen LogP contribution < -0.4 is 4.90 Å². The molecule has 4 N–H and O–H groups in total. The number of fused-ring (bicyclic) bond motifs is 2. The number of imidazole rings is 1. The van der Waals surface area contributed by atoms with E-state index < -0.39 is 5.82 Å². The van der Waals surface area contributed by atoms with Gasteiger partial charge in [-0.3, -0.25) is 9.89 Å². The number of rotatable bonds is 6. The van der Waals surface area contributed by atoms with Crippen LogP contribution in [-0.2, 0) is 19.4 Å². The summed E-state index contributed by atoms with van der Waals surface area (Å²) in [6.45, 7) is 3.71. The molecule has 5 heterocycles. The second-order valence-electron chi connectivity index (χ2n) is 11.1. The van der Waals surface area contributed by atoms with Crippen LogP contribution in [0.5, 0.6) is 5.75 Å². The Balaban J connectivity index is 1.10. The number of nitrogens with zero attached hydrogens (tertiary/aromatic N) is 6. The summed E-state index contributed by atoms with van der Waals surface area (Å²) < 4.78 is 14.2. The number of aryl methyl sites for hydroxylation is 1. The van der Waals surface area contributed by atoms with E-state index in [2.05, 4.69) is 25.1 Å². The topological polar surface area (TPSA) is 147 Å². The molecular formula is C31H31FN8O3. The first-order valence-corrected chi connectivity index (χ1v) is 14.5. The van der Waals surface area contributed by atoms with Crippen molar-refractivity contribution in [3.63, 3.8) is 0 Å². The van der Waals surface area contributed by atoms with E-state index in [0.29, 0.717) is 43.3 Å². The largest absolute Gasteiger partial charge is 0.505 e. The summed E-state index contributed by atoms with van der Waals surface area (Å²) in [7, 11) is 0. The minimum Gasteiger partial charge on any atom is -0.505 e. The molecule has 0 aliphatic carbocycles. The highest BCUT2D eigenvalue weighted by Gasteiger charge is 2.28. The monoisotopic (exact) mass is 582 g/mol. The number of aliphatic hydroxyl groups is 1. The quantitative estimate of drug-likeness (QED) is 0.235. The van der Waals surface area contributed by atoms with Gasteiger partial charge in [0.2, 0.25) is 0 Å². The minimum absolute atomic E-state index is 0.0392. The predicted octanol–water partition coefficient (Wildman–Crippen LogP) is 3.98. The Morgan fingerprint density at radius 2 is 2.05 bits per heavy atom. The lowest BCUT2D eigenvalue weighted by atomic mass is 9.96. The molecule has 2 aliphatic rings. The Hall–Kier alpha value is -4.84. The number of hydrogen-bond donors (Lipinski definition) is 4. The van der Waals surface area contributed by atoms with Crippen molar-refractivity contribution in [1.29, 1.82) is 0 Å². The number of hydrogen-bond acceptors (Lipinski definition) is 8. The van der Waals surface area contributed by atoms with Gasteiger partial charge in [0.1, 0.15) is 17.2 Å². The van der Waals surface area contributed by atoms with Gasteiger partial charge < -0.3 is 25.0 Å². The van der Waals surface area contributed by atoms with Gasteiger partial charge >= 0.3 is 0 Å². The van der Waals surface area contributed by atoms with Gasteiger partial charge in [-0.05, 0) is 60.2 Å². The lowest BCUT2D eigenvalue weighted by Gasteiger charge is -2.26. The van der Waals surface area contributed by atoms with Crippen LogP contribution in [0.1, 0.15) is 47.2 Å². The van der Waals surface area contributed by atoms with E-state index in [0.717, 1.165) is 58.4 Å². The number of carbonyl (C=O) groups is 1. The number of amides is 1. The number of aromatic amines is 2. The third-order valence-electron chi connectivity index (χ3n) is 8.51. The molecule has 2 aliphatic heterocycles. The summed E-state index contributed by atoms with van der Waals surface area (Å²) in [5, 5.41) is 27.9. The molecule has 1 fully saturated rings. The molecule has 11 nitrogen and oxygen atoms in total. The van der Waals surface area contributed by atoms with E-state index >= 15 is 0 Å². The molecule has 5 aromatic rings. The lowest BCUT2D eigenvalue weighted by molar-refractivity contribution is 0.0725. The zero-order chi connectivity index (χ0) is 29.7. The maximum absolute atomic E-state index is 14.2. The predicted molar refractivity (Wildman–Crippen MR) is 158 cm³/mol. The number of halogens is 1. The molecule has 1 saturated heterocycles. The van der Waals surface area contributed by atoms with Gasteiger partial charge in [-0.25, -0.2) is 19.3 Å². The Kier molecular flexibility index (Phi) is 6.77. The van der Waals surface area contributed by atoms with Gasteiger partial charge in [-0.2, -0.15) is 5.10 Å². The van der Waals surface area contributed by atoms with Crippen molar-refractivity contribution in [3.8, 4) is 28.4 Å². The van der Waals surface area contributed by atoms with E-state index in [1.165, 1.54) is 18.3 Å². The van der Waals surface area contributed by atoms with Gasteiger partial charge in [0.05, 0.1) is 48.5 Å². The van der Waals surface area contributed by atoms with Crippen molar-refractivity contribution in [2.45, 2.75) is 45.2 Å². The van der Waals surface area contributed by atoms with E-state index in [-0.39, 0.29) is 30.0 Å². The van der Waals surface area contributed by atoms with Crippen LogP contribution in [0.2, 0.25) is 0 Å². The molecule has 0 saturated carbocycles. The minimum atomic E-state index is -0.659. The first-order valence-electron chi connectivity index (χ1n) is 14.5. The maximum atomic E-state index is 14.2. The fourth-order valence-electron chi connectivity index (χ4n) is 6.18. The molecule has 1 atom stereocenters. The third-order valence-corrected chi connectivity index (χ3v) is 8.51. The molecule has 3 aromatic heterocycles. The molecular weight excluding hydrogens is 551 g/mol. The van der Waals surface area contributed by atoms with Crippen molar-refractivity contribution in [3.05, 3.63) is 71.2 Å². The lowest BCUT2D eigenvalue weighted by Crippen LogP contribution is -2.37.